The van der Waals surface area contributed by atoms with Crippen molar-refractivity contribution in [3.05, 3.63) is 11.1 Å². The normalized spacial score (nSPS) is 10.0. The van der Waals surface area contributed by atoms with Crippen molar-refractivity contribution >= 4 is 22.4 Å². The second-order valence-electron chi connectivity index (χ2n) is 2.52. The Morgan fingerprint density at radius 1 is 1.85 bits per heavy atom. The number of carbonyl (C=O) groups excluding carboxylic acids is 1. The molecule has 13 heavy (non-hydrogen) atoms. The number of hydrogen-bond acceptors (Lipinski definition) is 5. The first-order valence-electron chi connectivity index (χ1n) is 3.72. The van der Waals surface area contributed by atoms with Gasteiger partial charge >= 0.3 is 0 Å². The van der Waals surface area contributed by atoms with Gasteiger partial charge in [0, 0.05) is 19.0 Å². The highest BCUT2D eigenvalue weighted by Gasteiger charge is 2.13. The van der Waals surface area contributed by atoms with Crippen LogP contribution in [0.1, 0.15) is 10.5 Å². The summed E-state index contributed by atoms with van der Waals surface area (Å²) in [5.74, 6) is -0.220. The number of carbonyl (C=O) groups is 1. The van der Waals surface area contributed by atoms with Gasteiger partial charge in [0.05, 0.1) is 6.61 Å². The van der Waals surface area contributed by atoms with Crippen LogP contribution < -0.4 is 5.73 Å². The number of nitrogen functional groups attached to an aromatic ring is 1. The van der Waals surface area contributed by atoms with Crippen molar-refractivity contribution in [2.45, 2.75) is 0 Å². The first-order chi connectivity index (χ1) is 6.15. The van der Waals surface area contributed by atoms with E-state index in [4.69, 9.17) is 10.8 Å². The zero-order chi connectivity index (χ0) is 9.84. The highest BCUT2D eigenvalue weighted by Crippen LogP contribution is 2.12. The van der Waals surface area contributed by atoms with Gasteiger partial charge in [0.1, 0.15) is 5.69 Å². The summed E-state index contributed by atoms with van der Waals surface area (Å²) in [6.45, 7) is 0.248. The number of aromatic nitrogens is 1. The SMILES string of the molecule is CN(CCO)C(=O)c1csc(N)n1. The van der Waals surface area contributed by atoms with Crippen molar-refractivity contribution in [2.24, 2.45) is 0 Å². The summed E-state index contributed by atoms with van der Waals surface area (Å²) >= 11 is 1.22. The fraction of sp³-hybridized carbons (Fsp3) is 0.429. The second kappa shape index (κ2) is 4.20. The number of nitrogens with zero attached hydrogens (tertiary/aromatic N) is 2. The maximum atomic E-state index is 11.5. The standard InChI is InChI=1S/C7H11N3O2S/c1-10(2-3-11)6(12)5-4-13-7(8)9-5/h4,11H,2-3H2,1H3,(H2,8,9). The quantitative estimate of drug-likeness (QED) is 0.709. The third-order valence-corrected chi connectivity index (χ3v) is 2.20. The van der Waals surface area contributed by atoms with Gasteiger partial charge in [-0.3, -0.25) is 4.79 Å². The Balaban J connectivity index is 2.67. The van der Waals surface area contributed by atoms with Gasteiger partial charge in [0.15, 0.2) is 5.13 Å². The predicted octanol–water partition coefficient (Wildman–Crippen LogP) is -0.210. The lowest BCUT2D eigenvalue weighted by Gasteiger charge is -2.13. The largest absolute Gasteiger partial charge is 0.395 e. The van der Waals surface area contributed by atoms with E-state index in [2.05, 4.69) is 4.98 Å². The van der Waals surface area contributed by atoms with Gasteiger partial charge in [-0.1, -0.05) is 0 Å². The Morgan fingerprint density at radius 2 is 2.54 bits per heavy atom. The van der Waals surface area contributed by atoms with Crippen molar-refractivity contribution in [3.8, 4) is 0 Å². The maximum Gasteiger partial charge on any atom is 0.273 e. The second-order valence-corrected chi connectivity index (χ2v) is 3.41. The fourth-order valence-corrected chi connectivity index (χ4v) is 1.37. The summed E-state index contributed by atoms with van der Waals surface area (Å²) in [4.78, 5) is 16.7. The lowest BCUT2D eigenvalue weighted by Crippen LogP contribution is -2.29. The summed E-state index contributed by atoms with van der Waals surface area (Å²) in [5.41, 5.74) is 5.71. The van der Waals surface area contributed by atoms with E-state index >= 15 is 0 Å². The summed E-state index contributed by atoms with van der Waals surface area (Å²) in [7, 11) is 1.61. The zero-order valence-electron chi connectivity index (χ0n) is 7.23. The van der Waals surface area contributed by atoms with Gasteiger partial charge in [-0.05, 0) is 0 Å². The Labute approximate surface area is 79.8 Å². The van der Waals surface area contributed by atoms with Gasteiger partial charge in [0.2, 0.25) is 0 Å². The number of hydrogen-bond donors (Lipinski definition) is 2. The van der Waals surface area contributed by atoms with E-state index in [0.29, 0.717) is 17.4 Å². The Morgan fingerprint density at radius 3 is 3.00 bits per heavy atom. The minimum absolute atomic E-state index is 0.0537. The number of amides is 1. The van der Waals surface area contributed by atoms with Crippen LogP contribution in [0.15, 0.2) is 5.38 Å². The molecule has 5 nitrogen and oxygen atoms in total. The molecule has 0 radical (unpaired) electrons. The number of anilines is 1. The highest BCUT2D eigenvalue weighted by atomic mass is 32.1. The van der Waals surface area contributed by atoms with Crippen LogP contribution in [0.25, 0.3) is 0 Å². The molecule has 0 aliphatic rings. The van der Waals surface area contributed by atoms with E-state index in [-0.39, 0.29) is 12.5 Å². The molecule has 0 fully saturated rings. The van der Waals surface area contributed by atoms with Crippen LogP contribution in [-0.4, -0.2) is 41.1 Å². The van der Waals surface area contributed by atoms with E-state index in [1.165, 1.54) is 16.2 Å². The van der Waals surface area contributed by atoms with Crippen molar-refractivity contribution in [1.29, 1.82) is 0 Å². The molecule has 0 aliphatic carbocycles. The molecule has 0 saturated carbocycles. The Kier molecular flexibility index (Phi) is 3.21. The van der Waals surface area contributed by atoms with E-state index in [0.717, 1.165) is 0 Å². The van der Waals surface area contributed by atoms with Crippen LogP contribution in [0.2, 0.25) is 0 Å². The van der Waals surface area contributed by atoms with E-state index in [1.54, 1.807) is 12.4 Å². The van der Waals surface area contributed by atoms with Gasteiger partial charge in [-0.2, -0.15) is 0 Å². The van der Waals surface area contributed by atoms with Crippen LogP contribution in [-0.2, 0) is 0 Å². The van der Waals surface area contributed by atoms with E-state index in [1.807, 2.05) is 0 Å². The minimum atomic E-state index is -0.220. The predicted molar refractivity (Wildman–Crippen MR) is 50.6 cm³/mol. The number of nitrogens with two attached hydrogens (primary N) is 1. The van der Waals surface area contributed by atoms with Crippen molar-refractivity contribution in [1.82, 2.24) is 9.88 Å². The van der Waals surface area contributed by atoms with Crippen molar-refractivity contribution < 1.29 is 9.90 Å². The average Bonchev–Trinajstić information content (AvgIpc) is 2.51. The number of likely N-dealkylation sites (N-methyl/N-ethyl adjacent to an activating group) is 1. The van der Waals surface area contributed by atoms with Gasteiger partial charge in [-0.15, -0.1) is 11.3 Å². The first kappa shape index (κ1) is 9.94. The molecule has 0 aliphatic heterocycles. The lowest BCUT2D eigenvalue weighted by atomic mass is 10.4. The minimum Gasteiger partial charge on any atom is -0.395 e. The van der Waals surface area contributed by atoms with Crippen LogP contribution in [0.4, 0.5) is 5.13 Å². The fourth-order valence-electron chi connectivity index (χ4n) is 0.833. The molecule has 0 saturated heterocycles. The zero-order valence-corrected chi connectivity index (χ0v) is 8.04. The summed E-state index contributed by atoms with van der Waals surface area (Å²) in [6.07, 6.45) is 0. The molecular weight excluding hydrogens is 190 g/mol. The molecule has 1 heterocycles. The third kappa shape index (κ3) is 2.40. The molecule has 6 heteroatoms. The maximum absolute atomic E-state index is 11.5. The number of thiazole rings is 1. The Hall–Kier alpha value is -1.14. The molecule has 0 bridgehead atoms. The molecule has 1 aromatic rings. The smallest absolute Gasteiger partial charge is 0.273 e. The van der Waals surface area contributed by atoms with Gasteiger partial charge in [0.25, 0.3) is 5.91 Å². The summed E-state index contributed by atoms with van der Waals surface area (Å²) in [5, 5.41) is 10.6. The summed E-state index contributed by atoms with van der Waals surface area (Å²) in [6, 6.07) is 0. The number of rotatable bonds is 3. The molecular formula is C7H11N3O2S. The molecule has 1 rings (SSSR count). The van der Waals surface area contributed by atoms with Gasteiger partial charge < -0.3 is 15.7 Å². The molecule has 0 atom stereocenters. The third-order valence-electron chi connectivity index (χ3n) is 1.52. The van der Waals surface area contributed by atoms with Crippen LogP contribution in [0.5, 0.6) is 0 Å². The monoisotopic (exact) mass is 201 g/mol. The highest BCUT2D eigenvalue weighted by molar-refractivity contribution is 7.13. The first-order valence-corrected chi connectivity index (χ1v) is 4.60. The van der Waals surface area contributed by atoms with Gasteiger partial charge in [-0.25, -0.2) is 4.98 Å². The molecule has 3 N–H and O–H groups in total. The van der Waals surface area contributed by atoms with Crippen molar-refractivity contribution in [3.63, 3.8) is 0 Å². The van der Waals surface area contributed by atoms with Crippen LogP contribution >= 0.6 is 11.3 Å². The topological polar surface area (TPSA) is 79.5 Å². The average molecular weight is 201 g/mol. The van der Waals surface area contributed by atoms with E-state index < -0.39 is 0 Å². The number of aliphatic hydroxyl groups excluding tert-OH is 1. The molecule has 72 valence electrons. The molecule has 1 amide bonds. The molecule has 1 aromatic heterocycles. The molecule has 0 unspecified atom stereocenters. The number of aliphatic hydroxyl groups is 1. The van der Waals surface area contributed by atoms with Crippen LogP contribution in [0.3, 0.4) is 0 Å². The molecule has 0 spiro atoms. The molecule has 0 aromatic carbocycles. The van der Waals surface area contributed by atoms with Crippen LogP contribution in [0, 0.1) is 0 Å². The van der Waals surface area contributed by atoms with E-state index in [9.17, 15) is 4.79 Å². The summed E-state index contributed by atoms with van der Waals surface area (Å²) < 4.78 is 0. The lowest BCUT2D eigenvalue weighted by molar-refractivity contribution is 0.0762. The Bertz CT molecular complexity index is 300. The van der Waals surface area contributed by atoms with Crippen molar-refractivity contribution in [2.75, 3.05) is 25.9 Å².